The van der Waals surface area contributed by atoms with Crippen LogP contribution in [0.4, 0.5) is 0 Å². The number of benzene rings is 9. The largest absolute Gasteiger partial charge is 0.228 e. The Labute approximate surface area is 418 Å². The van der Waals surface area contributed by atoms with E-state index < -0.39 is 0 Å². The molecule has 0 amide bonds. The lowest BCUT2D eigenvalue weighted by molar-refractivity contribution is 1.18. The molecule has 0 N–H and O–H groups in total. The van der Waals surface area contributed by atoms with Gasteiger partial charge in [-0.2, -0.15) is 0 Å². The summed E-state index contributed by atoms with van der Waals surface area (Å²) in [4.78, 5) is 31.0. The van der Waals surface area contributed by atoms with Gasteiger partial charge >= 0.3 is 0 Å². The summed E-state index contributed by atoms with van der Waals surface area (Å²) in [6.07, 6.45) is 0. The third-order valence-electron chi connectivity index (χ3n) is 12.7. The highest BCUT2D eigenvalue weighted by molar-refractivity contribution is 5.85. The van der Waals surface area contributed by atoms with Gasteiger partial charge in [0.15, 0.2) is 17.5 Å². The van der Waals surface area contributed by atoms with Crippen LogP contribution in [0.1, 0.15) is 0 Å². The highest BCUT2D eigenvalue weighted by atomic mass is 14.9. The van der Waals surface area contributed by atoms with Crippen LogP contribution >= 0.6 is 0 Å². The zero-order valence-electron chi connectivity index (χ0n) is 39.1. The molecular weight excluding hydrogens is 877 g/mol. The highest BCUT2D eigenvalue weighted by Crippen LogP contribution is 2.38. The summed E-state index contributed by atoms with van der Waals surface area (Å²) in [6, 6.07) is 91.7. The average Bonchev–Trinajstić information content (AvgIpc) is 3.48. The van der Waals surface area contributed by atoms with Crippen LogP contribution in [0.5, 0.6) is 0 Å². The minimum Gasteiger partial charge on any atom is -0.228 e. The van der Waals surface area contributed by atoms with Crippen LogP contribution < -0.4 is 0 Å². The summed E-state index contributed by atoms with van der Waals surface area (Å²) in [6.45, 7) is 0. The first-order valence-corrected chi connectivity index (χ1v) is 24.0. The van der Waals surface area contributed by atoms with Crippen molar-refractivity contribution in [2.24, 2.45) is 0 Å². The van der Waals surface area contributed by atoms with Crippen molar-refractivity contribution in [3.8, 4) is 124 Å². The van der Waals surface area contributed by atoms with Crippen molar-refractivity contribution >= 4 is 0 Å². The van der Waals surface area contributed by atoms with Crippen LogP contribution in [0, 0.1) is 0 Å². The fourth-order valence-electron chi connectivity index (χ4n) is 9.03. The molecule has 0 radical (unpaired) electrons. The summed E-state index contributed by atoms with van der Waals surface area (Å²) in [5, 5.41) is 0. The third kappa shape index (κ3) is 9.36. The molecule has 3 aromatic heterocycles. The van der Waals surface area contributed by atoms with E-state index in [0.29, 0.717) is 17.5 Å². The van der Waals surface area contributed by atoms with Gasteiger partial charge in [0, 0.05) is 50.1 Å². The molecule has 0 saturated carbocycles. The Morgan fingerprint density at radius 2 is 0.347 bits per heavy atom. The van der Waals surface area contributed by atoms with E-state index in [1.165, 1.54) is 0 Å². The van der Waals surface area contributed by atoms with Crippen molar-refractivity contribution in [2.75, 3.05) is 0 Å². The quantitative estimate of drug-likeness (QED) is 0.129. The first kappa shape index (κ1) is 43.5. The standard InChI is InChI=1S/C66H44N6/c1-7-21-45(22-8-1)58-42-61(70-64(67-58)48-27-13-4-14-28-48)53-35-19-33-51(37-53)55-39-56(41-57(40-55)63-44-60(47-25-11-3-12-26-47)69-66(72-63)50-31-17-6-18-32-50)52-34-20-36-54(38-52)62-43-59(46-23-9-2-10-24-46)68-65(71-62)49-29-15-5-16-30-49/h1-44H. The molecule has 0 aliphatic carbocycles. The van der Waals surface area contributed by atoms with E-state index in [0.717, 1.165) is 106 Å². The Morgan fingerprint density at radius 1 is 0.139 bits per heavy atom. The predicted octanol–water partition coefficient (Wildman–Crippen LogP) is 16.4. The minimum absolute atomic E-state index is 0.655. The van der Waals surface area contributed by atoms with Gasteiger partial charge < -0.3 is 0 Å². The van der Waals surface area contributed by atoms with Gasteiger partial charge in [-0.1, -0.05) is 218 Å². The number of aromatic nitrogens is 6. The zero-order valence-corrected chi connectivity index (χ0v) is 39.1. The van der Waals surface area contributed by atoms with E-state index in [2.05, 4.69) is 158 Å². The molecule has 6 heteroatoms. The van der Waals surface area contributed by atoms with Gasteiger partial charge in [0.25, 0.3) is 0 Å². The summed E-state index contributed by atoms with van der Waals surface area (Å²) in [5.74, 6) is 2.00. The van der Waals surface area contributed by atoms with Gasteiger partial charge in [0.05, 0.1) is 34.2 Å². The van der Waals surface area contributed by atoms with Crippen LogP contribution in [0.15, 0.2) is 267 Å². The Balaban J connectivity index is 1.03. The molecule has 0 aliphatic rings. The molecule has 0 spiro atoms. The average molecular weight is 921 g/mol. The number of hydrogen-bond acceptors (Lipinski definition) is 6. The smallest absolute Gasteiger partial charge is 0.160 e. The van der Waals surface area contributed by atoms with Gasteiger partial charge in [-0.25, -0.2) is 29.9 Å². The molecule has 0 bridgehead atoms. The first-order valence-electron chi connectivity index (χ1n) is 24.0. The molecule has 12 rings (SSSR count). The van der Waals surface area contributed by atoms with Crippen molar-refractivity contribution in [1.82, 2.24) is 29.9 Å². The summed E-state index contributed by atoms with van der Waals surface area (Å²) in [5.41, 5.74) is 18.0. The Hall–Kier alpha value is -9.78. The van der Waals surface area contributed by atoms with Gasteiger partial charge in [-0.15, -0.1) is 0 Å². The maximum absolute atomic E-state index is 5.31. The van der Waals surface area contributed by atoms with Crippen LogP contribution in [0.25, 0.3) is 124 Å². The topological polar surface area (TPSA) is 77.3 Å². The monoisotopic (exact) mass is 920 g/mol. The van der Waals surface area contributed by atoms with E-state index in [9.17, 15) is 0 Å². The molecule has 6 nitrogen and oxygen atoms in total. The van der Waals surface area contributed by atoms with Gasteiger partial charge in [-0.3, -0.25) is 0 Å². The van der Waals surface area contributed by atoms with Crippen LogP contribution in [0.2, 0.25) is 0 Å². The number of nitrogens with zero attached hydrogens (tertiary/aromatic N) is 6. The van der Waals surface area contributed by atoms with Crippen molar-refractivity contribution in [2.45, 2.75) is 0 Å². The van der Waals surface area contributed by atoms with Crippen molar-refractivity contribution in [3.05, 3.63) is 267 Å². The van der Waals surface area contributed by atoms with Gasteiger partial charge in [0.2, 0.25) is 0 Å². The lowest BCUT2D eigenvalue weighted by Gasteiger charge is -2.15. The Morgan fingerprint density at radius 3 is 0.653 bits per heavy atom. The fourth-order valence-corrected chi connectivity index (χ4v) is 9.03. The molecule has 3 heterocycles. The normalized spacial score (nSPS) is 11.1. The molecule has 0 fully saturated rings. The number of rotatable bonds is 11. The number of hydrogen-bond donors (Lipinski definition) is 0. The molecule has 0 saturated heterocycles. The van der Waals surface area contributed by atoms with E-state index >= 15 is 0 Å². The second-order valence-corrected chi connectivity index (χ2v) is 17.5. The zero-order chi connectivity index (χ0) is 48.1. The van der Waals surface area contributed by atoms with E-state index in [4.69, 9.17) is 29.9 Å². The first-order chi connectivity index (χ1) is 35.6. The molecule has 0 unspecified atom stereocenters. The minimum atomic E-state index is 0.655. The lowest BCUT2D eigenvalue weighted by atomic mass is 9.92. The van der Waals surface area contributed by atoms with Crippen LogP contribution in [0.3, 0.4) is 0 Å². The highest BCUT2D eigenvalue weighted by Gasteiger charge is 2.17. The second kappa shape index (κ2) is 19.7. The fraction of sp³-hybridized carbons (Fsp3) is 0. The van der Waals surface area contributed by atoms with Crippen molar-refractivity contribution in [1.29, 1.82) is 0 Å². The Kier molecular flexibility index (Phi) is 11.9. The predicted molar refractivity (Wildman–Crippen MR) is 293 cm³/mol. The van der Waals surface area contributed by atoms with Crippen LogP contribution in [-0.2, 0) is 0 Å². The Bertz CT molecular complexity index is 3470. The molecular formula is C66H44N6. The molecule has 0 aliphatic heterocycles. The molecule has 338 valence electrons. The molecule has 12 aromatic rings. The second-order valence-electron chi connectivity index (χ2n) is 17.5. The lowest BCUT2D eigenvalue weighted by Crippen LogP contribution is -1.97. The van der Waals surface area contributed by atoms with E-state index in [1.54, 1.807) is 0 Å². The maximum Gasteiger partial charge on any atom is 0.160 e. The molecule has 0 atom stereocenters. The van der Waals surface area contributed by atoms with Crippen molar-refractivity contribution in [3.63, 3.8) is 0 Å². The maximum atomic E-state index is 5.31. The van der Waals surface area contributed by atoms with E-state index in [-0.39, 0.29) is 0 Å². The van der Waals surface area contributed by atoms with Crippen LogP contribution in [-0.4, -0.2) is 29.9 Å². The SMILES string of the molecule is c1ccc(-c2cc(-c3cccc(-c4cc(-c5cccc(-c6cc(-c7ccccc7)nc(-c7ccccc7)n6)c5)cc(-c5cc(-c6ccccc6)nc(-c6ccccc6)n5)c4)c3)nc(-c3ccccc3)n2)cc1. The molecule has 9 aromatic carbocycles. The summed E-state index contributed by atoms with van der Waals surface area (Å²) < 4.78 is 0. The van der Waals surface area contributed by atoms with Gasteiger partial charge in [-0.05, 0) is 70.8 Å². The summed E-state index contributed by atoms with van der Waals surface area (Å²) >= 11 is 0. The summed E-state index contributed by atoms with van der Waals surface area (Å²) in [7, 11) is 0. The molecule has 72 heavy (non-hydrogen) atoms. The van der Waals surface area contributed by atoms with Crippen molar-refractivity contribution < 1.29 is 0 Å². The van der Waals surface area contributed by atoms with Gasteiger partial charge in [0.1, 0.15) is 0 Å². The third-order valence-corrected chi connectivity index (χ3v) is 12.7. The van der Waals surface area contributed by atoms with E-state index in [1.807, 2.05) is 109 Å².